The van der Waals surface area contributed by atoms with Crippen LogP contribution in [-0.2, 0) is 11.0 Å². The minimum absolute atomic E-state index is 0.000139. The molecule has 0 bridgehead atoms. The number of benzene rings is 2. The van der Waals surface area contributed by atoms with Crippen LogP contribution in [0.15, 0.2) is 41.2 Å². The molecule has 0 aliphatic heterocycles. The fraction of sp³-hybridized carbons (Fsp3) is 0.0588. The van der Waals surface area contributed by atoms with Crippen molar-refractivity contribution in [1.29, 1.82) is 0 Å². The average Bonchev–Trinajstić information content (AvgIpc) is 2.58. The number of aromatic nitrogens is 1. The number of aromatic hydroxyl groups is 1. The molecule has 1 heterocycles. The van der Waals surface area contributed by atoms with Crippen molar-refractivity contribution in [2.24, 2.45) is 0 Å². The zero-order valence-electron chi connectivity index (χ0n) is 13.3. The lowest BCUT2D eigenvalue weighted by atomic mass is 9.97. The van der Waals surface area contributed by atoms with Gasteiger partial charge in [-0.1, -0.05) is 11.6 Å². The Balaban J connectivity index is 0.000000817. The van der Waals surface area contributed by atoms with E-state index in [-0.39, 0.29) is 45.0 Å². The normalized spacial score (nSPS) is 11.0. The molecule has 3 aromatic rings. The van der Waals surface area contributed by atoms with Crippen molar-refractivity contribution in [1.82, 2.24) is 4.98 Å². The number of nitrogens with two attached hydrogens (primary N) is 1. The Labute approximate surface area is 154 Å². The molecule has 0 unspecified atom stereocenters. The van der Waals surface area contributed by atoms with Gasteiger partial charge in [0.2, 0.25) is 0 Å². The van der Waals surface area contributed by atoms with Gasteiger partial charge in [0.15, 0.2) is 0 Å². The molecule has 0 saturated heterocycles. The van der Waals surface area contributed by atoms with Gasteiger partial charge in [0.05, 0.1) is 5.56 Å². The smallest absolute Gasteiger partial charge is 0.416 e. The minimum Gasteiger partial charge on any atom is -0.507 e. The third-order valence-electron chi connectivity index (χ3n) is 3.61. The molecule has 0 atom stereocenters. The molecular weight excluding hydrogens is 389 g/mol. The molecule has 2 aromatic carbocycles. The van der Waals surface area contributed by atoms with Crippen LogP contribution in [0.3, 0.4) is 0 Å². The second-order valence-corrected chi connectivity index (χ2v) is 5.70. The van der Waals surface area contributed by atoms with Crippen molar-refractivity contribution >= 4 is 34.7 Å². The number of carbonyl (C=O) groups is 1. The number of fused-ring (bicyclic) bond motifs is 1. The number of aromatic amines is 1. The van der Waals surface area contributed by atoms with Crippen molar-refractivity contribution in [3.8, 4) is 16.9 Å². The fourth-order valence-corrected chi connectivity index (χ4v) is 2.66. The van der Waals surface area contributed by atoms with E-state index >= 15 is 0 Å². The van der Waals surface area contributed by atoms with E-state index in [1.807, 2.05) is 0 Å². The molecule has 0 amide bonds. The molecule has 0 aliphatic carbocycles. The first-order chi connectivity index (χ1) is 12.6. The standard InChI is InChI=1S/C16H10ClF3N2O2.CH2O2/c17-8-2-4-12(23)10(6-8)13-9-5-7(16(18,19)20)1-3-11(9)22-15(24)14(13)21;2-1-3/h1-6,23H,21H2,(H,22,24);1H,(H,2,3). The van der Waals surface area contributed by atoms with Crippen molar-refractivity contribution in [3.05, 3.63) is 57.3 Å². The number of nitrogen functional groups attached to an aromatic ring is 1. The number of nitrogens with one attached hydrogen (secondary N) is 1. The molecule has 0 fully saturated rings. The molecule has 5 N–H and O–H groups in total. The largest absolute Gasteiger partial charge is 0.507 e. The van der Waals surface area contributed by atoms with Crippen molar-refractivity contribution < 1.29 is 28.2 Å². The summed E-state index contributed by atoms with van der Waals surface area (Å²) in [5.74, 6) is -0.254. The number of phenolic OH excluding ortho intramolecular Hbond substituents is 1. The topological polar surface area (TPSA) is 116 Å². The zero-order valence-corrected chi connectivity index (χ0v) is 14.1. The van der Waals surface area contributed by atoms with Gasteiger partial charge in [0.1, 0.15) is 11.4 Å². The Bertz CT molecular complexity index is 1060. The molecule has 0 saturated carbocycles. The molecule has 0 spiro atoms. The highest BCUT2D eigenvalue weighted by molar-refractivity contribution is 6.31. The number of carboxylic acid groups (broad SMARTS) is 1. The number of anilines is 1. The Morgan fingerprint density at radius 1 is 1.15 bits per heavy atom. The third-order valence-corrected chi connectivity index (χ3v) is 3.84. The number of halogens is 4. The molecule has 6 nitrogen and oxygen atoms in total. The van der Waals surface area contributed by atoms with Crippen LogP contribution in [-0.4, -0.2) is 21.7 Å². The van der Waals surface area contributed by atoms with E-state index in [4.69, 9.17) is 27.2 Å². The Morgan fingerprint density at radius 2 is 1.78 bits per heavy atom. The first-order valence-corrected chi connectivity index (χ1v) is 7.57. The Kier molecular flexibility index (Phi) is 5.65. The maximum Gasteiger partial charge on any atom is 0.416 e. The molecule has 1 aromatic heterocycles. The summed E-state index contributed by atoms with van der Waals surface area (Å²) in [6.07, 6.45) is -4.56. The highest BCUT2D eigenvalue weighted by Gasteiger charge is 2.31. The first kappa shape index (κ1) is 20.1. The van der Waals surface area contributed by atoms with E-state index < -0.39 is 17.3 Å². The lowest BCUT2D eigenvalue weighted by molar-refractivity contribution is -0.137. The van der Waals surface area contributed by atoms with Crippen molar-refractivity contribution in [2.75, 3.05) is 5.73 Å². The quantitative estimate of drug-likeness (QED) is 0.463. The summed E-state index contributed by atoms with van der Waals surface area (Å²) >= 11 is 5.90. The van der Waals surface area contributed by atoms with E-state index in [0.29, 0.717) is 0 Å². The Hall–Kier alpha value is -3.20. The number of hydrogen-bond donors (Lipinski definition) is 4. The van der Waals surface area contributed by atoms with Gasteiger partial charge in [-0.2, -0.15) is 13.2 Å². The van der Waals surface area contributed by atoms with Gasteiger partial charge in [0.25, 0.3) is 12.0 Å². The molecule has 3 rings (SSSR count). The summed E-state index contributed by atoms with van der Waals surface area (Å²) in [6.45, 7) is -0.250. The van der Waals surface area contributed by atoms with E-state index in [9.17, 15) is 23.1 Å². The summed E-state index contributed by atoms with van der Waals surface area (Å²) in [4.78, 5) is 22.8. The van der Waals surface area contributed by atoms with Crippen LogP contribution in [0.5, 0.6) is 5.75 Å². The van der Waals surface area contributed by atoms with E-state index in [2.05, 4.69) is 4.98 Å². The predicted octanol–water partition coefficient (Wildman–Crippen LogP) is 3.86. The summed E-state index contributed by atoms with van der Waals surface area (Å²) in [5.41, 5.74) is 4.15. The van der Waals surface area contributed by atoms with Gasteiger partial charge in [-0.05, 0) is 36.4 Å². The molecule has 142 valence electrons. The van der Waals surface area contributed by atoms with Gasteiger partial charge in [-0.25, -0.2) is 0 Å². The van der Waals surface area contributed by atoms with E-state index in [1.54, 1.807) is 0 Å². The van der Waals surface area contributed by atoms with Crippen molar-refractivity contribution in [3.63, 3.8) is 0 Å². The van der Waals surface area contributed by atoms with Crippen LogP contribution in [0.2, 0.25) is 5.02 Å². The fourth-order valence-electron chi connectivity index (χ4n) is 2.48. The second-order valence-electron chi connectivity index (χ2n) is 5.27. The molecule has 10 heteroatoms. The summed E-state index contributed by atoms with van der Waals surface area (Å²) in [5, 5.41) is 17.2. The summed E-state index contributed by atoms with van der Waals surface area (Å²) in [7, 11) is 0. The van der Waals surface area contributed by atoms with Crippen LogP contribution in [0.1, 0.15) is 5.56 Å². The average molecular weight is 401 g/mol. The summed E-state index contributed by atoms with van der Waals surface area (Å²) in [6, 6.07) is 6.89. The van der Waals surface area contributed by atoms with Gasteiger partial charge in [-0.3, -0.25) is 9.59 Å². The first-order valence-electron chi connectivity index (χ1n) is 7.19. The number of rotatable bonds is 1. The van der Waals surface area contributed by atoms with Crippen LogP contribution in [0.4, 0.5) is 18.9 Å². The zero-order chi connectivity index (χ0) is 20.4. The number of phenols is 1. The molecular formula is C17H12ClF3N2O4. The van der Waals surface area contributed by atoms with E-state index in [1.165, 1.54) is 18.2 Å². The number of pyridine rings is 1. The third kappa shape index (κ3) is 4.14. The number of alkyl halides is 3. The van der Waals surface area contributed by atoms with Crippen LogP contribution >= 0.6 is 11.6 Å². The number of H-pyrrole nitrogens is 1. The maximum atomic E-state index is 13.0. The second kappa shape index (κ2) is 7.58. The van der Waals surface area contributed by atoms with Gasteiger partial charge >= 0.3 is 6.18 Å². The highest BCUT2D eigenvalue weighted by atomic mass is 35.5. The lowest BCUT2D eigenvalue weighted by Gasteiger charge is -2.14. The highest BCUT2D eigenvalue weighted by Crippen LogP contribution is 2.40. The molecule has 27 heavy (non-hydrogen) atoms. The SMILES string of the molecule is Nc1c(-c2cc(Cl)ccc2O)c2cc(C(F)(F)F)ccc2[nH]c1=O.O=CO. The van der Waals surface area contributed by atoms with Crippen LogP contribution in [0, 0.1) is 0 Å². The van der Waals surface area contributed by atoms with Crippen LogP contribution in [0.25, 0.3) is 22.0 Å². The Morgan fingerprint density at radius 3 is 2.37 bits per heavy atom. The maximum absolute atomic E-state index is 13.0. The molecule has 0 aliphatic rings. The van der Waals surface area contributed by atoms with Gasteiger partial charge in [-0.15, -0.1) is 0 Å². The number of hydrogen-bond acceptors (Lipinski definition) is 4. The summed E-state index contributed by atoms with van der Waals surface area (Å²) < 4.78 is 39.0. The van der Waals surface area contributed by atoms with Gasteiger partial charge in [0, 0.05) is 27.1 Å². The van der Waals surface area contributed by atoms with Crippen LogP contribution < -0.4 is 11.3 Å². The molecule has 0 radical (unpaired) electrons. The van der Waals surface area contributed by atoms with E-state index in [0.717, 1.165) is 18.2 Å². The monoisotopic (exact) mass is 400 g/mol. The van der Waals surface area contributed by atoms with Crippen molar-refractivity contribution in [2.45, 2.75) is 6.18 Å². The minimum atomic E-state index is -4.56. The van der Waals surface area contributed by atoms with Gasteiger partial charge < -0.3 is 20.9 Å². The lowest BCUT2D eigenvalue weighted by Crippen LogP contribution is -2.14. The predicted molar refractivity (Wildman–Crippen MR) is 94.8 cm³/mol.